The van der Waals surface area contributed by atoms with E-state index in [-0.39, 0.29) is 5.82 Å². The molecule has 1 aliphatic carbocycles. The Hall–Kier alpha value is -1.37. The summed E-state index contributed by atoms with van der Waals surface area (Å²) in [5.74, 6) is 0.203. The second-order valence-electron chi connectivity index (χ2n) is 4.83. The van der Waals surface area contributed by atoms with E-state index < -0.39 is 0 Å². The highest BCUT2D eigenvalue weighted by Gasteiger charge is 2.25. The molecule has 1 aliphatic rings. The molecule has 0 spiro atoms. The van der Waals surface area contributed by atoms with Crippen LogP contribution < -0.4 is 0 Å². The first-order valence-electron chi connectivity index (χ1n) is 6.29. The van der Waals surface area contributed by atoms with Crippen molar-refractivity contribution in [3.8, 4) is 0 Å². The van der Waals surface area contributed by atoms with Crippen molar-refractivity contribution in [2.24, 2.45) is 5.92 Å². The Morgan fingerprint density at radius 3 is 2.82 bits per heavy atom. The van der Waals surface area contributed by atoms with Gasteiger partial charge >= 0.3 is 0 Å². The van der Waals surface area contributed by atoms with Gasteiger partial charge in [-0.15, -0.1) is 0 Å². The van der Waals surface area contributed by atoms with Gasteiger partial charge in [0.25, 0.3) is 0 Å². The fourth-order valence-corrected chi connectivity index (χ4v) is 2.67. The molecule has 90 valence electrons. The molecule has 1 aromatic carbocycles. The summed E-state index contributed by atoms with van der Waals surface area (Å²) in [4.78, 5) is 0. The van der Waals surface area contributed by atoms with Crippen LogP contribution in [0.25, 0.3) is 5.57 Å². The first kappa shape index (κ1) is 12.1. The average Bonchev–Trinajstić information content (AvgIpc) is 2.55. The predicted molar refractivity (Wildman–Crippen MR) is 71.1 cm³/mol. The van der Waals surface area contributed by atoms with Gasteiger partial charge in [0.1, 0.15) is 5.82 Å². The molecule has 0 N–H and O–H groups in total. The zero-order valence-electron chi connectivity index (χ0n) is 10.6. The molecule has 1 heteroatoms. The number of hydrogen-bond acceptors (Lipinski definition) is 0. The number of rotatable bonds is 3. The Kier molecular flexibility index (Phi) is 3.46. The van der Waals surface area contributed by atoms with E-state index in [0.717, 1.165) is 24.8 Å². The van der Waals surface area contributed by atoms with E-state index in [1.165, 1.54) is 22.8 Å². The van der Waals surface area contributed by atoms with E-state index in [9.17, 15) is 4.39 Å². The highest BCUT2D eigenvalue weighted by Crippen LogP contribution is 2.43. The monoisotopic (exact) mass is 230 g/mol. The SMILES string of the molecule is C=C1CC(CCC)=C(c2cccc(F)c2)C1C. The van der Waals surface area contributed by atoms with Crippen LogP contribution in [0.3, 0.4) is 0 Å². The third-order valence-electron chi connectivity index (χ3n) is 3.55. The lowest BCUT2D eigenvalue weighted by atomic mass is 9.92. The lowest BCUT2D eigenvalue weighted by Crippen LogP contribution is -1.96. The van der Waals surface area contributed by atoms with E-state index in [1.54, 1.807) is 12.1 Å². The van der Waals surface area contributed by atoms with Crippen molar-refractivity contribution >= 4 is 5.57 Å². The lowest BCUT2D eigenvalue weighted by molar-refractivity contribution is 0.627. The van der Waals surface area contributed by atoms with Gasteiger partial charge in [-0.05, 0) is 36.1 Å². The summed E-state index contributed by atoms with van der Waals surface area (Å²) in [5.41, 5.74) is 5.03. The summed E-state index contributed by atoms with van der Waals surface area (Å²) >= 11 is 0. The zero-order chi connectivity index (χ0) is 12.4. The van der Waals surface area contributed by atoms with Crippen molar-refractivity contribution in [1.82, 2.24) is 0 Å². The molecule has 1 unspecified atom stereocenters. The maximum absolute atomic E-state index is 13.3. The third-order valence-corrected chi connectivity index (χ3v) is 3.55. The van der Waals surface area contributed by atoms with Crippen molar-refractivity contribution in [3.05, 3.63) is 53.4 Å². The van der Waals surface area contributed by atoms with Gasteiger partial charge in [0.2, 0.25) is 0 Å². The summed E-state index contributed by atoms with van der Waals surface area (Å²) in [6, 6.07) is 6.93. The van der Waals surface area contributed by atoms with Gasteiger partial charge in [-0.1, -0.05) is 50.1 Å². The zero-order valence-corrected chi connectivity index (χ0v) is 10.6. The summed E-state index contributed by atoms with van der Waals surface area (Å²) < 4.78 is 13.3. The Morgan fingerprint density at radius 2 is 2.18 bits per heavy atom. The van der Waals surface area contributed by atoms with Crippen molar-refractivity contribution in [2.75, 3.05) is 0 Å². The van der Waals surface area contributed by atoms with Crippen LogP contribution in [0.15, 0.2) is 42.0 Å². The van der Waals surface area contributed by atoms with E-state index in [4.69, 9.17) is 0 Å². The van der Waals surface area contributed by atoms with Crippen LogP contribution in [0, 0.1) is 11.7 Å². The molecule has 0 amide bonds. The molecule has 0 radical (unpaired) electrons. The standard InChI is InChI=1S/C16H19F/c1-4-6-13-9-11(2)12(3)16(13)14-7-5-8-15(17)10-14/h5,7-8,10,12H,2,4,6,9H2,1,3H3. The molecule has 0 aliphatic heterocycles. The molecule has 0 bridgehead atoms. The van der Waals surface area contributed by atoms with Crippen molar-refractivity contribution < 1.29 is 4.39 Å². The molecule has 0 heterocycles. The topological polar surface area (TPSA) is 0 Å². The van der Waals surface area contributed by atoms with Crippen LogP contribution in [0.2, 0.25) is 0 Å². The molecule has 2 rings (SSSR count). The highest BCUT2D eigenvalue weighted by molar-refractivity contribution is 5.76. The first-order chi connectivity index (χ1) is 8.13. The third kappa shape index (κ3) is 2.33. The maximum Gasteiger partial charge on any atom is 0.123 e. The summed E-state index contributed by atoms with van der Waals surface area (Å²) in [5, 5.41) is 0. The van der Waals surface area contributed by atoms with Gasteiger partial charge in [0.05, 0.1) is 0 Å². The minimum absolute atomic E-state index is 0.157. The maximum atomic E-state index is 13.3. The number of benzene rings is 1. The Bertz CT molecular complexity index is 468. The minimum atomic E-state index is -0.157. The molecule has 0 fully saturated rings. The summed E-state index contributed by atoms with van der Waals surface area (Å²) in [6.45, 7) is 8.48. The van der Waals surface area contributed by atoms with Gasteiger partial charge in [0.15, 0.2) is 0 Å². The van der Waals surface area contributed by atoms with Crippen molar-refractivity contribution in [3.63, 3.8) is 0 Å². The lowest BCUT2D eigenvalue weighted by Gasteiger charge is -2.12. The quantitative estimate of drug-likeness (QED) is 0.643. The highest BCUT2D eigenvalue weighted by atomic mass is 19.1. The number of halogens is 1. The normalized spacial score (nSPS) is 20.2. The van der Waals surface area contributed by atoms with Crippen molar-refractivity contribution in [1.29, 1.82) is 0 Å². The van der Waals surface area contributed by atoms with Gasteiger partial charge < -0.3 is 0 Å². The molecule has 0 aromatic heterocycles. The van der Waals surface area contributed by atoms with E-state index in [0.29, 0.717) is 5.92 Å². The van der Waals surface area contributed by atoms with Crippen LogP contribution in [-0.4, -0.2) is 0 Å². The second-order valence-corrected chi connectivity index (χ2v) is 4.83. The summed E-state index contributed by atoms with van der Waals surface area (Å²) in [6.07, 6.45) is 3.21. The molecular formula is C16H19F. The predicted octanol–water partition coefficient (Wildman–Crippen LogP) is 4.98. The summed E-state index contributed by atoms with van der Waals surface area (Å²) in [7, 11) is 0. The second kappa shape index (κ2) is 4.87. The van der Waals surface area contributed by atoms with Gasteiger partial charge in [-0.2, -0.15) is 0 Å². The molecule has 17 heavy (non-hydrogen) atoms. The largest absolute Gasteiger partial charge is 0.207 e. The van der Waals surface area contributed by atoms with E-state index in [1.807, 2.05) is 6.07 Å². The van der Waals surface area contributed by atoms with Crippen LogP contribution in [0.1, 0.15) is 38.7 Å². The Balaban J connectivity index is 2.45. The molecule has 0 saturated heterocycles. The Morgan fingerprint density at radius 1 is 1.41 bits per heavy atom. The molecular weight excluding hydrogens is 211 g/mol. The van der Waals surface area contributed by atoms with Crippen LogP contribution in [-0.2, 0) is 0 Å². The van der Waals surface area contributed by atoms with Gasteiger partial charge in [-0.3, -0.25) is 0 Å². The van der Waals surface area contributed by atoms with Crippen LogP contribution >= 0.6 is 0 Å². The fourth-order valence-electron chi connectivity index (χ4n) is 2.67. The fraction of sp³-hybridized carbons (Fsp3) is 0.375. The van der Waals surface area contributed by atoms with E-state index >= 15 is 0 Å². The van der Waals surface area contributed by atoms with Crippen LogP contribution in [0.4, 0.5) is 4.39 Å². The smallest absolute Gasteiger partial charge is 0.123 e. The molecule has 0 saturated carbocycles. The van der Waals surface area contributed by atoms with Gasteiger partial charge in [-0.25, -0.2) is 4.39 Å². The average molecular weight is 230 g/mol. The Labute approximate surface area is 103 Å². The minimum Gasteiger partial charge on any atom is -0.207 e. The number of allylic oxidation sites excluding steroid dienone is 3. The molecule has 0 nitrogen and oxygen atoms in total. The van der Waals surface area contributed by atoms with E-state index in [2.05, 4.69) is 20.4 Å². The van der Waals surface area contributed by atoms with Crippen molar-refractivity contribution in [2.45, 2.75) is 33.1 Å². The molecule has 1 atom stereocenters. The molecule has 1 aromatic rings. The van der Waals surface area contributed by atoms with Gasteiger partial charge in [0, 0.05) is 5.92 Å². The van der Waals surface area contributed by atoms with Crippen LogP contribution in [0.5, 0.6) is 0 Å². The number of hydrogen-bond donors (Lipinski definition) is 0. The first-order valence-corrected chi connectivity index (χ1v) is 6.29.